The van der Waals surface area contributed by atoms with Crippen LogP contribution in [-0.2, 0) is 6.54 Å². The van der Waals surface area contributed by atoms with Crippen molar-refractivity contribution in [1.29, 1.82) is 0 Å². The molecule has 0 spiro atoms. The third-order valence-electron chi connectivity index (χ3n) is 6.63. The zero-order chi connectivity index (χ0) is 31.9. The minimum Gasteiger partial charge on any atom is -0.418 e. The molecule has 0 saturated carbocycles. The van der Waals surface area contributed by atoms with Crippen LogP contribution >= 0.6 is 47.8 Å². The molecule has 5 rings (SSSR count). The van der Waals surface area contributed by atoms with Crippen LogP contribution in [0.15, 0.2) is 123 Å². The molecule has 44 heavy (non-hydrogen) atoms. The molecule has 5 aromatic rings. The van der Waals surface area contributed by atoms with Crippen LogP contribution in [-0.4, -0.2) is 21.3 Å². The van der Waals surface area contributed by atoms with Gasteiger partial charge in [0.05, 0.1) is 0 Å². The monoisotopic (exact) mass is 788 g/mol. The molecular weight excluding hydrogens is 763 g/mol. The Hall–Kier alpha value is -3.21. The molecule has 0 amide bonds. The van der Waals surface area contributed by atoms with E-state index in [1.807, 2.05) is 0 Å². The van der Waals surface area contributed by atoms with E-state index in [4.69, 9.17) is 0 Å². The molecule has 0 unspecified atom stereocenters. The van der Waals surface area contributed by atoms with Gasteiger partial charge >= 0.3 is 7.25 Å². The highest BCUT2D eigenvalue weighted by Crippen LogP contribution is 2.29. The highest BCUT2D eigenvalue weighted by molar-refractivity contribution is 9.11. The molecule has 0 atom stereocenters. The van der Waals surface area contributed by atoms with E-state index in [0.29, 0.717) is 0 Å². The van der Waals surface area contributed by atoms with Crippen LogP contribution in [0.1, 0.15) is 16.8 Å². The lowest BCUT2D eigenvalue weighted by Crippen LogP contribution is -2.40. The van der Waals surface area contributed by atoms with Crippen LogP contribution in [0, 0.1) is 0 Å². The predicted octanol–water partition coefficient (Wildman–Crippen LogP) is 11.2. The molecular formula is C34H28BBr3F4N2. The Balaban J connectivity index is 0.000000818. The average Bonchev–Trinajstić information content (AvgIpc) is 2.98. The molecule has 0 N–H and O–H groups in total. The van der Waals surface area contributed by atoms with Gasteiger partial charge in [-0.2, -0.15) is 4.57 Å². The van der Waals surface area contributed by atoms with Crippen molar-refractivity contribution in [2.45, 2.75) is 6.54 Å². The second kappa shape index (κ2) is 15.2. The van der Waals surface area contributed by atoms with Gasteiger partial charge in [0.25, 0.3) is 0 Å². The maximum absolute atomic E-state index is 9.75. The zero-order valence-electron chi connectivity index (χ0n) is 23.9. The topological polar surface area (TPSA) is 7.12 Å². The van der Waals surface area contributed by atoms with Gasteiger partial charge in [-0.3, -0.25) is 0 Å². The van der Waals surface area contributed by atoms with Crippen molar-refractivity contribution < 1.29 is 21.8 Å². The zero-order valence-corrected chi connectivity index (χ0v) is 28.6. The van der Waals surface area contributed by atoms with Crippen molar-refractivity contribution in [3.05, 3.63) is 139 Å². The summed E-state index contributed by atoms with van der Waals surface area (Å²) >= 11 is 10.8. The van der Waals surface area contributed by atoms with Crippen LogP contribution in [0.2, 0.25) is 0 Å². The first-order valence-electron chi connectivity index (χ1n) is 13.5. The smallest absolute Gasteiger partial charge is 0.418 e. The van der Waals surface area contributed by atoms with Gasteiger partial charge in [-0.05, 0) is 83.4 Å². The molecule has 0 aliphatic rings. The Kier molecular flexibility index (Phi) is 11.6. The fourth-order valence-electron chi connectivity index (χ4n) is 4.46. The number of halogens is 7. The summed E-state index contributed by atoms with van der Waals surface area (Å²) in [5.74, 6) is 0. The molecule has 1 heterocycles. The van der Waals surface area contributed by atoms with Crippen LogP contribution in [0.25, 0.3) is 34.5 Å². The van der Waals surface area contributed by atoms with Gasteiger partial charge in [-0.1, -0.05) is 84.2 Å². The lowest BCUT2D eigenvalue weighted by molar-refractivity contribution is -0.679. The Bertz CT molecular complexity index is 1700. The second-order valence-electron chi connectivity index (χ2n) is 10.1. The normalized spacial score (nSPS) is 11.3. The Morgan fingerprint density at radius 3 is 1.59 bits per heavy atom. The van der Waals surface area contributed by atoms with E-state index in [0.717, 1.165) is 36.9 Å². The number of aromatic nitrogens is 1. The molecule has 0 saturated heterocycles. The van der Waals surface area contributed by atoms with Crippen molar-refractivity contribution in [2.24, 2.45) is 0 Å². The quantitative estimate of drug-likeness (QED) is 0.0905. The van der Waals surface area contributed by atoms with Gasteiger partial charge in [0.1, 0.15) is 0 Å². The van der Waals surface area contributed by atoms with E-state index in [-0.39, 0.29) is 0 Å². The minimum absolute atomic E-state index is 0.749. The average molecular weight is 791 g/mol. The minimum atomic E-state index is -6.00. The largest absolute Gasteiger partial charge is 0.673 e. The summed E-state index contributed by atoms with van der Waals surface area (Å²) in [4.78, 5) is 2.12. The molecule has 1 aromatic heterocycles. The number of anilines is 1. The summed E-state index contributed by atoms with van der Waals surface area (Å²) in [6, 6.07) is 38.9. The fraction of sp³-hybridized carbons (Fsp3) is 0.0882. The summed E-state index contributed by atoms with van der Waals surface area (Å²) in [5.41, 5.74) is 9.40. The molecule has 10 heteroatoms. The summed E-state index contributed by atoms with van der Waals surface area (Å²) in [7, 11) is -1.87. The number of nitrogens with zero attached hydrogens (tertiary/aromatic N) is 2. The van der Waals surface area contributed by atoms with Gasteiger partial charge in [0.15, 0.2) is 6.54 Å². The van der Waals surface area contributed by atoms with Crippen LogP contribution in [0.4, 0.5) is 23.0 Å². The van der Waals surface area contributed by atoms with E-state index in [9.17, 15) is 17.3 Å². The first-order valence-corrected chi connectivity index (χ1v) is 15.9. The number of benzene rings is 4. The summed E-state index contributed by atoms with van der Waals surface area (Å²) in [6.07, 6.45) is 4.43. The number of rotatable bonds is 7. The second-order valence-corrected chi connectivity index (χ2v) is 12.8. The Morgan fingerprint density at radius 1 is 0.614 bits per heavy atom. The molecule has 226 valence electrons. The van der Waals surface area contributed by atoms with E-state index < -0.39 is 7.25 Å². The predicted molar refractivity (Wildman–Crippen MR) is 186 cm³/mol. The van der Waals surface area contributed by atoms with Crippen molar-refractivity contribution in [3.8, 4) is 22.4 Å². The highest BCUT2D eigenvalue weighted by Gasteiger charge is 2.21. The van der Waals surface area contributed by atoms with E-state index in [2.05, 4.69) is 193 Å². The first-order chi connectivity index (χ1) is 20.9. The maximum Gasteiger partial charge on any atom is 0.673 e. The van der Waals surface area contributed by atoms with Crippen LogP contribution in [0.3, 0.4) is 0 Å². The Labute approximate surface area is 280 Å². The molecule has 2 nitrogen and oxygen atoms in total. The summed E-state index contributed by atoms with van der Waals surface area (Å²) in [5, 5.41) is 0. The molecule has 4 aromatic carbocycles. The van der Waals surface area contributed by atoms with Gasteiger partial charge in [-0.15, -0.1) is 0 Å². The Morgan fingerprint density at radius 2 is 1.09 bits per heavy atom. The molecule has 0 aliphatic heterocycles. The summed E-state index contributed by atoms with van der Waals surface area (Å²) in [6.45, 7) is 0.749. The standard InChI is InChI=1S/C34H28Br3N2.BF4/c1-38(2)32-18-5-24(6-19-32)7-20-33-21-28(26-8-14-30(36)15-9-26)22-34(27-10-16-31(37)17-11-27)39(33)23-25-3-12-29(35)13-4-25;2-1(3,4)5/h3-22H,23H2,1-2H3;/q+1;-1. The van der Waals surface area contributed by atoms with Crippen molar-refractivity contribution in [1.82, 2.24) is 0 Å². The van der Waals surface area contributed by atoms with Gasteiger partial charge < -0.3 is 22.2 Å². The van der Waals surface area contributed by atoms with E-state index >= 15 is 0 Å². The van der Waals surface area contributed by atoms with Gasteiger partial charge in [0, 0.05) is 62.5 Å². The molecule has 0 aliphatic carbocycles. The third-order valence-corrected chi connectivity index (χ3v) is 8.21. The van der Waals surface area contributed by atoms with Crippen LogP contribution < -0.4 is 9.47 Å². The lowest BCUT2D eigenvalue weighted by atomic mass is 10.0. The van der Waals surface area contributed by atoms with Gasteiger partial charge in [0.2, 0.25) is 11.4 Å². The van der Waals surface area contributed by atoms with Crippen LogP contribution in [0.5, 0.6) is 0 Å². The first kappa shape index (κ1) is 33.7. The molecule has 0 radical (unpaired) electrons. The number of hydrogen-bond donors (Lipinski definition) is 0. The number of hydrogen-bond acceptors (Lipinski definition) is 1. The van der Waals surface area contributed by atoms with Gasteiger partial charge in [-0.25, -0.2) is 0 Å². The maximum atomic E-state index is 9.75. The van der Waals surface area contributed by atoms with Crippen molar-refractivity contribution in [3.63, 3.8) is 0 Å². The lowest BCUT2D eigenvalue weighted by Gasteiger charge is -2.12. The highest BCUT2D eigenvalue weighted by atomic mass is 79.9. The fourth-order valence-corrected chi connectivity index (χ4v) is 5.26. The van der Waals surface area contributed by atoms with Crippen molar-refractivity contribution in [2.75, 3.05) is 19.0 Å². The molecule has 0 bridgehead atoms. The SMILES string of the molecule is CN(C)c1ccc(/C=C/c2cc(-c3ccc(Br)cc3)cc(-c3ccc(Br)cc3)[n+]2Cc2ccc(Br)cc2)cc1.F[B-](F)(F)F. The third kappa shape index (κ3) is 10.2. The molecule has 0 fully saturated rings. The summed E-state index contributed by atoms with van der Waals surface area (Å²) < 4.78 is 44.6. The van der Waals surface area contributed by atoms with E-state index in [1.165, 1.54) is 27.9 Å². The van der Waals surface area contributed by atoms with E-state index in [1.54, 1.807) is 0 Å². The number of pyridine rings is 1. The van der Waals surface area contributed by atoms with Crippen molar-refractivity contribution >= 4 is 72.9 Å².